The topological polar surface area (TPSA) is 76.0 Å². The second kappa shape index (κ2) is 2.94. The zero-order valence-corrected chi connectivity index (χ0v) is 6.88. The molecular formula is C6H5ClN2O3. The average Bonchev–Trinajstić information content (AvgIpc) is 2.00. The van der Waals surface area contributed by atoms with Gasteiger partial charge in [0.25, 0.3) is 11.2 Å². The fourth-order valence-corrected chi connectivity index (χ4v) is 0.929. The third-order valence-electron chi connectivity index (χ3n) is 1.45. The number of pyridine rings is 1. The molecule has 0 saturated carbocycles. The maximum absolute atomic E-state index is 10.8. The first-order valence-corrected chi connectivity index (χ1v) is 3.44. The summed E-state index contributed by atoms with van der Waals surface area (Å²) < 4.78 is 0. The fraction of sp³-hybridized carbons (Fsp3) is 0.167. The highest BCUT2D eigenvalue weighted by Gasteiger charge is 2.14. The number of H-pyrrole nitrogens is 1. The Morgan fingerprint density at radius 2 is 2.25 bits per heavy atom. The maximum Gasteiger partial charge on any atom is 0.289 e. The Balaban J connectivity index is 3.47. The van der Waals surface area contributed by atoms with E-state index in [1.165, 1.54) is 6.92 Å². The summed E-state index contributed by atoms with van der Waals surface area (Å²) in [5, 5.41) is 10.2. The standard InChI is InChI=1S/C6H5ClN2O3/c1-3-4(9(11)12)2-8-6(10)5(3)7/h2H,1H3,(H,8,10). The quantitative estimate of drug-likeness (QED) is 0.532. The second-order valence-corrected chi connectivity index (χ2v) is 2.58. The van der Waals surface area contributed by atoms with Crippen LogP contribution < -0.4 is 5.56 Å². The molecule has 0 unspecified atom stereocenters. The van der Waals surface area contributed by atoms with Crippen LogP contribution in [0.1, 0.15) is 5.56 Å². The van der Waals surface area contributed by atoms with Gasteiger partial charge < -0.3 is 4.98 Å². The maximum atomic E-state index is 10.8. The van der Waals surface area contributed by atoms with Crippen molar-refractivity contribution in [2.75, 3.05) is 0 Å². The number of hydrogen-bond donors (Lipinski definition) is 1. The molecule has 0 aliphatic heterocycles. The van der Waals surface area contributed by atoms with Gasteiger partial charge in [-0.1, -0.05) is 11.6 Å². The Morgan fingerprint density at radius 3 is 2.75 bits per heavy atom. The predicted octanol–water partition coefficient (Wildman–Crippen LogP) is 1.24. The summed E-state index contributed by atoms with van der Waals surface area (Å²) in [4.78, 5) is 22.7. The molecule has 6 heteroatoms. The molecule has 64 valence electrons. The minimum Gasteiger partial charge on any atom is -0.321 e. The normalized spacial score (nSPS) is 9.83. The lowest BCUT2D eigenvalue weighted by atomic mass is 10.2. The summed E-state index contributed by atoms with van der Waals surface area (Å²) in [7, 11) is 0. The lowest BCUT2D eigenvalue weighted by Gasteiger charge is -1.96. The van der Waals surface area contributed by atoms with Gasteiger partial charge in [0, 0.05) is 0 Å². The van der Waals surface area contributed by atoms with Crippen molar-refractivity contribution in [1.82, 2.24) is 4.98 Å². The highest BCUT2D eigenvalue weighted by Crippen LogP contribution is 2.19. The molecule has 0 bridgehead atoms. The van der Waals surface area contributed by atoms with Gasteiger partial charge in [0.2, 0.25) is 0 Å². The summed E-state index contributed by atoms with van der Waals surface area (Å²) in [5.41, 5.74) is -0.509. The molecule has 12 heavy (non-hydrogen) atoms. The average molecular weight is 189 g/mol. The summed E-state index contributed by atoms with van der Waals surface area (Å²) in [6, 6.07) is 0. The molecule has 0 aromatic carbocycles. The minimum atomic E-state index is -0.600. The van der Waals surface area contributed by atoms with Crippen LogP contribution in [0.4, 0.5) is 5.69 Å². The molecule has 1 N–H and O–H groups in total. The minimum absolute atomic E-state index is 0.135. The molecule has 0 atom stereocenters. The highest BCUT2D eigenvalue weighted by atomic mass is 35.5. The second-order valence-electron chi connectivity index (χ2n) is 2.20. The van der Waals surface area contributed by atoms with Gasteiger partial charge in [-0.2, -0.15) is 0 Å². The van der Waals surface area contributed by atoms with Gasteiger partial charge in [-0.25, -0.2) is 0 Å². The Morgan fingerprint density at radius 1 is 1.67 bits per heavy atom. The van der Waals surface area contributed by atoms with Crippen molar-refractivity contribution in [3.63, 3.8) is 0 Å². The molecule has 0 saturated heterocycles. The Bertz CT molecular complexity index is 385. The Labute approximate surface area is 72.1 Å². The lowest BCUT2D eigenvalue weighted by molar-refractivity contribution is -0.385. The zero-order valence-electron chi connectivity index (χ0n) is 6.13. The van der Waals surface area contributed by atoms with E-state index in [-0.39, 0.29) is 16.3 Å². The number of nitrogens with zero attached hydrogens (tertiary/aromatic N) is 1. The van der Waals surface area contributed by atoms with Gasteiger partial charge in [0.1, 0.15) is 5.02 Å². The van der Waals surface area contributed by atoms with Crippen molar-refractivity contribution in [1.29, 1.82) is 0 Å². The Kier molecular flexibility index (Phi) is 2.14. The molecule has 0 spiro atoms. The first kappa shape index (κ1) is 8.73. The van der Waals surface area contributed by atoms with Crippen molar-refractivity contribution in [3.05, 3.63) is 37.3 Å². The largest absolute Gasteiger partial charge is 0.321 e. The van der Waals surface area contributed by atoms with Crippen molar-refractivity contribution in [2.24, 2.45) is 0 Å². The summed E-state index contributed by atoms with van der Waals surface area (Å²) in [6.07, 6.45) is 1.03. The molecule has 1 aromatic rings. The summed E-state index contributed by atoms with van der Waals surface area (Å²) >= 11 is 5.48. The fourth-order valence-electron chi connectivity index (χ4n) is 0.778. The predicted molar refractivity (Wildman–Crippen MR) is 43.5 cm³/mol. The smallest absolute Gasteiger partial charge is 0.289 e. The number of aromatic amines is 1. The van der Waals surface area contributed by atoms with Gasteiger partial charge in [0.15, 0.2) is 0 Å². The molecule has 1 aromatic heterocycles. The number of hydrogen-bond acceptors (Lipinski definition) is 3. The molecular weight excluding hydrogens is 184 g/mol. The van der Waals surface area contributed by atoms with Crippen LogP contribution >= 0.6 is 11.6 Å². The SMILES string of the molecule is Cc1c([N+](=O)[O-])c[nH]c(=O)c1Cl. The first-order valence-electron chi connectivity index (χ1n) is 3.06. The van der Waals surface area contributed by atoms with Crippen LogP contribution in [0.3, 0.4) is 0 Å². The van der Waals surface area contributed by atoms with E-state index in [4.69, 9.17) is 11.6 Å². The van der Waals surface area contributed by atoms with Crippen LogP contribution in [-0.2, 0) is 0 Å². The van der Waals surface area contributed by atoms with E-state index in [1.807, 2.05) is 0 Å². The van der Waals surface area contributed by atoms with Gasteiger partial charge in [-0.3, -0.25) is 14.9 Å². The van der Waals surface area contributed by atoms with E-state index < -0.39 is 10.5 Å². The summed E-state index contributed by atoms with van der Waals surface area (Å²) in [6.45, 7) is 1.43. The van der Waals surface area contributed by atoms with Crippen molar-refractivity contribution in [2.45, 2.75) is 6.92 Å². The van der Waals surface area contributed by atoms with Crippen LogP contribution in [0.5, 0.6) is 0 Å². The third-order valence-corrected chi connectivity index (χ3v) is 1.90. The molecule has 1 heterocycles. The number of rotatable bonds is 1. The van der Waals surface area contributed by atoms with Crippen molar-refractivity contribution >= 4 is 17.3 Å². The number of nitrogens with one attached hydrogen (secondary N) is 1. The van der Waals surface area contributed by atoms with Gasteiger partial charge in [-0.05, 0) is 6.92 Å². The van der Waals surface area contributed by atoms with Crippen molar-refractivity contribution < 1.29 is 4.92 Å². The van der Waals surface area contributed by atoms with Crippen LogP contribution in [0.25, 0.3) is 0 Å². The van der Waals surface area contributed by atoms with Gasteiger partial charge in [0.05, 0.1) is 16.7 Å². The molecule has 0 aliphatic carbocycles. The molecule has 5 nitrogen and oxygen atoms in total. The van der Waals surface area contributed by atoms with E-state index >= 15 is 0 Å². The summed E-state index contributed by atoms with van der Waals surface area (Å²) in [5.74, 6) is 0. The first-order chi connectivity index (χ1) is 5.54. The number of halogens is 1. The van der Waals surface area contributed by atoms with E-state index in [0.29, 0.717) is 0 Å². The van der Waals surface area contributed by atoms with Crippen molar-refractivity contribution in [3.8, 4) is 0 Å². The third kappa shape index (κ3) is 1.31. The molecule has 1 rings (SSSR count). The molecule has 0 amide bonds. The van der Waals surface area contributed by atoms with E-state index in [2.05, 4.69) is 4.98 Å². The van der Waals surface area contributed by atoms with Gasteiger partial charge in [-0.15, -0.1) is 0 Å². The van der Waals surface area contributed by atoms with E-state index in [9.17, 15) is 14.9 Å². The monoisotopic (exact) mass is 188 g/mol. The molecule has 0 radical (unpaired) electrons. The molecule has 0 fully saturated rings. The van der Waals surface area contributed by atoms with Crippen LogP contribution in [-0.4, -0.2) is 9.91 Å². The Hall–Kier alpha value is -1.36. The van der Waals surface area contributed by atoms with Crippen LogP contribution in [0, 0.1) is 17.0 Å². The lowest BCUT2D eigenvalue weighted by Crippen LogP contribution is -2.08. The van der Waals surface area contributed by atoms with E-state index in [1.54, 1.807) is 0 Å². The highest BCUT2D eigenvalue weighted by molar-refractivity contribution is 6.31. The van der Waals surface area contributed by atoms with Crippen LogP contribution in [0.2, 0.25) is 5.02 Å². The van der Waals surface area contributed by atoms with Gasteiger partial charge >= 0.3 is 0 Å². The van der Waals surface area contributed by atoms with Crippen LogP contribution in [0.15, 0.2) is 11.0 Å². The number of nitro groups is 1. The zero-order chi connectivity index (χ0) is 9.30. The molecule has 0 aliphatic rings. The number of aromatic nitrogens is 1. The van der Waals surface area contributed by atoms with E-state index in [0.717, 1.165) is 6.20 Å².